The van der Waals surface area contributed by atoms with Crippen molar-refractivity contribution in [3.05, 3.63) is 11.4 Å². The Morgan fingerprint density at radius 1 is 1.39 bits per heavy atom. The van der Waals surface area contributed by atoms with Crippen LogP contribution in [0.4, 0.5) is 5.69 Å². The zero-order valence-corrected chi connectivity index (χ0v) is 12.2. The minimum atomic E-state index is 0.0572. The number of nitrogens with two attached hydrogens (primary N) is 1. The summed E-state index contributed by atoms with van der Waals surface area (Å²) in [6.45, 7) is 10.2. The minimum Gasteiger partial charge on any atom is -0.396 e. The normalized spacial score (nSPS) is 12.8. The second-order valence-corrected chi connectivity index (χ2v) is 5.23. The number of carbonyl (C=O) groups excluding carboxylic acids is 1. The van der Waals surface area contributed by atoms with Crippen LogP contribution in [0.5, 0.6) is 0 Å². The number of likely N-dealkylation sites (N-methyl/N-ethyl adjacent to an activating group) is 1. The Morgan fingerprint density at radius 3 is 2.33 bits per heavy atom. The van der Waals surface area contributed by atoms with Gasteiger partial charge in [-0.05, 0) is 26.7 Å². The van der Waals surface area contributed by atoms with E-state index in [0.717, 1.165) is 11.4 Å². The van der Waals surface area contributed by atoms with Crippen LogP contribution in [0.2, 0.25) is 0 Å². The van der Waals surface area contributed by atoms with Gasteiger partial charge in [-0.3, -0.25) is 9.48 Å². The van der Waals surface area contributed by atoms with Crippen LogP contribution in [0, 0.1) is 19.8 Å². The van der Waals surface area contributed by atoms with E-state index in [2.05, 4.69) is 25.9 Å². The molecule has 5 heteroatoms. The maximum Gasteiger partial charge on any atom is 0.244 e. The van der Waals surface area contributed by atoms with Gasteiger partial charge in [0.25, 0.3) is 0 Å². The lowest BCUT2D eigenvalue weighted by Crippen LogP contribution is -2.40. The Kier molecular flexibility index (Phi) is 4.38. The van der Waals surface area contributed by atoms with Crippen molar-refractivity contribution in [1.29, 1.82) is 0 Å². The number of aromatic nitrogens is 2. The molecule has 0 fully saturated rings. The third-order valence-corrected chi connectivity index (χ3v) is 3.69. The molecule has 1 aromatic rings. The highest BCUT2D eigenvalue weighted by atomic mass is 16.2. The lowest BCUT2D eigenvalue weighted by atomic mass is 10.1. The molecule has 0 radical (unpaired) electrons. The first-order chi connectivity index (χ1) is 8.25. The molecule has 1 amide bonds. The van der Waals surface area contributed by atoms with Gasteiger partial charge in [0.2, 0.25) is 5.91 Å². The summed E-state index contributed by atoms with van der Waals surface area (Å²) in [5, 5.41) is 4.28. The van der Waals surface area contributed by atoms with Crippen molar-refractivity contribution in [3.63, 3.8) is 0 Å². The van der Waals surface area contributed by atoms with E-state index in [9.17, 15) is 4.79 Å². The summed E-state index contributed by atoms with van der Waals surface area (Å²) in [6.07, 6.45) is 0. The fourth-order valence-electron chi connectivity index (χ4n) is 1.78. The Morgan fingerprint density at radius 2 is 1.94 bits per heavy atom. The van der Waals surface area contributed by atoms with E-state index >= 15 is 0 Å². The molecule has 18 heavy (non-hydrogen) atoms. The molecule has 102 valence electrons. The van der Waals surface area contributed by atoms with E-state index in [-0.39, 0.29) is 18.5 Å². The number of anilines is 1. The van der Waals surface area contributed by atoms with Gasteiger partial charge in [-0.25, -0.2) is 0 Å². The second-order valence-electron chi connectivity index (χ2n) is 5.23. The molecule has 0 saturated carbocycles. The lowest BCUT2D eigenvalue weighted by molar-refractivity contribution is -0.133. The summed E-state index contributed by atoms with van der Waals surface area (Å²) >= 11 is 0. The molecule has 2 N–H and O–H groups in total. The highest BCUT2D eigenvalue weighted by Crippen LogP contribution is 2.15. The summed E-state index contributed by atoms with van der Waals surface area (Å²) in [5.74, 6) is 0.492. The van der Waals surface area contributed by atoms with Crippen LogP contribution in [0.15, 0.2) is 0 Å². The van der Waals surface area contributed by atoms with E-state index in [1.807, 2.05) is 20.9 Å². The van der Waals surface area contributed by atoms with Crippen molar-refractivity contribution in [3.8, 4) is 0 Å². The van der Waals surface area contributed by atoms with Crippen LogP contribution < -0.4 is 5.73 Å². The molecule has 1 unspecified atom stereocenters. The zero-order valence-electron chi connectivity index (χ0n) is 12.2. The lowest BCUT2D eigenvalue weighted by Gasteiger charge is -2.28. The minimum absolute atomic E-state index is 0.0572. The van der Waals surface area contributed by atoms with E-state index in [0.29, 0.717) is 11.6 Å². The molecule has 0 aliphatic carbocycles. The Bertz CT molecular complexity index is 436. The number of hydrogen-bond donors (Lipinski definition) is 1. The number of nitrogens with zero attached hydrogens (tertiary/aromatic N) is 3. The molecule has 0 aliphatic rings. The highest BCUT2D eigenvalue weighted by Gasteiger charge is 2.20. The van der Waals surface area contributed by atoms with E-state index in [1.54, 1.807) is 9.58 Å². The van der Waals surface area contributed by atoms with Gasteiger partial charge < -0.3 is 10.6 Å². The Hall–Kier alpha value is -1.52. The fourth-order valence-corrected chi connectivity index (χ4v) is 1.78. The summed E-state index contributed by atoms with van der Waals surface area (Å²) in [7, 11) is 1.84. The van der Waals surface area contributed by atoms with Gasteiger partial charge in [-0.15, -0.1) is 0 Å². The van der Waals surface area contributed by atoms with Gasteiger partial charge in [0, 0.05) is 13.1 Å². The molecular formula is C13H24N4O. The number of nitrogen functional groups attached to an aromatic ring is 1. The molecule has 0 spiro atoms. The van der Waals surface area contributed by atoms with Crippen molar-refractivity contribution >= 4 is 11.6 Å². The van der Waals surface area contributed by atoms with E-state index < -0.39 is 0 Å². The first-order valence-corrected chi connectivity index (χ1v) is 6.30. The van der Waals surface area contributed by atoms with Gasteiger partial charge in [0.1, 0.15) is 6.54 Å². The Labute approximate surface area is 109 Å². The van der Waals surface area contributed by atoms with Crippen LogP contribution in [0.3, 0.4) is 0 Å². The monoisotopic (exact) mass is 252 g/mol. The van der Waals surface area contributed by atoms with E-state index in [1.165, 1.54) is 0 Å². The van der Waals surface area contributed by atoms with Crippen molar-refractivity contribution in [1.82, 2.24) is 14.7 Å². The maximum atomic E-state index is 12.2. The Balaban J connectivity index is 2.79. The molecule has 0 aromatic carbocycles. The predicted octanol–water partition coefficient (Wildman–Crippen LogP) is 1.59. The molecule has 5 nitrogen and oxygen atoms in total. The van der Waals surface area contributed by atoms with Crippen molar-refractivity contribution in [2.24, 2.45) is 5.92 Å². The molecule has 0 bridgehead atoms. The second kappa shape index (κ2) is 5.42. The first-order valence-electron chi connectivity index (χ1n) is 6.30. The average Bonchev–Trinajstić information content (AvgIpc) is 2.54. The highest BCUT2D eigenvalue weighted by molar-refractivity contribution is 5.76. The molecule has 0 aliphatic heterocycles. The van der Waals surface area contributed by atoms with Crippen molar-refractivity contribution in [2.75, 3.05) is 12.8 Å². The average molecular weight is 252 g/mol. The number of hydrogen-bond acceptors (Lipinski definition) is 3. The van der Waals surface area contributed by atoms with Crippen LogP contribution >= 0.6 is 0 Å². The van der Waals surface area contributed by atoms with Gasteiger partial charge >= 0.3 is 0 Å². The van der Waals surface area contributed by atoms with Gasteiger partial charge in [0.15, 0.2) is 0 Å². The number of rotatable bonds is 4. The molecule has 1 heterocycles. The smallest absolute Gasteiger partial charge is 0.244 e. The quantitative estimate of drug-likeness (QED) is 0.885. The topological polar surface area (TPSA) is 64.2 Å². The summed E-state index contributed by atoms with van der Waals surface area (Å²) < 4.78 is 1.68. The number of carbonyl (C=O) groups is 1. The van der Waals surface area contributed by atoms with Crippen LogP contribution in [-0.2, 0) is 11.3 Å². The third-order valence-electron chi connectivity index (χ3n) is 3.69. The standard InChI is InChI=1S/C13H24N4O/c1-8(2)10(4)16(6)12(18)7-17-11(5)13(14)9(3)15-17/h8,10H,7,14H2,1-6H3. The van der Waals surface area contributed by atoms with E-state index in [4.69, 9.17) is 5.73 Å². The number of aryl methyl sites for hydroxylation is 1. The molecule has 1 rings (SSSR count). The van der Waals surface area contributed by atoms with Gasteiger partial charge in [-0.2, -0.15) is 5.10 Å². The molecule has 1 aromatic heterocycles. The zero-order chi connectivity index (χ0) is 14.0. The SMILES string of the molecule is Cc1nn(CC(=O)N(C)C(C)C(C)C)c(C)c1N. The maximum absolute atomic E-state index is 12.2. The van der Waals surface area contributed by atoms with Crippen LogP contribution in [0.1, 0.15) is 32.2 Å². The van der Waals surface area contributed by atoms with Crippen LogP contribution in [-0.4, -0.2) is 33.7 Å². The van der Waals surface area contributed by atoms with Crippen LogP contribution in [0.25, 0.3) is 0 Å². The summed E-state index contributed by atoms with van der Waals surface area (Å²) in [5.41, 5.74) is 8.15. The van der Waals surface area contributed by atoms with Crippen molar-refractivity contribution in [2.45, 2.75) is 47.2 Å². The largest absolute Gasteiger partial charge is 0.396 e. The summed E-state index contributed by atoms with van der Waals surface area (Å²) in [4.78, 5) is 13.9. The fraction of sp³-hybridized carbons (Fsp3) is 0.692. The number of amides is 1. The van der Waals surface area contributed by atoms with Gasteiger partial charge in [-0.1, -0.05) is 13.8 Å². The molecule has 1 atom stereocenters. The van der Waals surface area contributed by atoms with Gasteiger partial charge in [0.05, 0.1) is 17.1 Å². The van der Waals surface area contributed by atoms with Crippen molar-refractivity contribution < 1.29 is 4.79 Å². The predicted molar refractivity (Wildman–Crippen MR) is 73.2 cm³/mol. The first kappa shape index (κ1) is 14.5. The third kappa shape index (κ3) is 2.83. The molecule has 0 saturated heterocycles. The summed E-state index contributed by atoms with van der Waals surface area (Å²) in [6, 6.07) is 0.215. The molecular weight excluding hydrogens is 228 g/mol.